The van der Waals surface area contributed by atoms with Crippen LogP contribution in [0.2, 0.25) is 0 Å². The van der Waals surface area contributed by atoms with Gasteiger partial charge in [0.1, 0.15) is 0 Å². The smallest absolute Gasteiger partial charge is 0.255 e. The van der Waals surface area contributed by atoms with E-state index in [0.29, 0.717) is 5.56 Å². The van der Waals surface area contributed by atoms with E-state index in [9.17, 15) is 4.79 Å². The van der Waals surface area contributed by atoms with Crippen LogP contribution in [-0.2, 0) is 6.54 Å². The highest BCUT2D eigenvalue weighted by Gasteiger charge is 2.17. The van der Waals surface area contributed by atoms with Crippen LogP contribution in [0, 0.1) is 6.92 Å². The molecule has 0 atom stereocenters. The maximum absolute atomic E-state index is 12.6. The fourth-order valence-corrected chi connectivity index (χ4v) is 3.71. The average molecular weight is 386 g/mol. The monoisotopic (exact) mass is 385 g/mol. The average Bonchev–Trinajstić information content (AvgIpc) is 2.76. The van der Waals surface area contributed by atoms with Crippen molar-refractivity contribution in [3.05, 3.63) is 95.6 Å². The Labute approximate surface area is 172 Å². The third-order valence-corrected chi connectivity index (χ3v) is 5.40. The van der Waals surface area contributed by atoms with E-state index < -0.39 is 0 Å². The highest BCUT2D eigenvalue weighted by molar-refractivity contribution is 6.04. The second-order valence-corrected chi connectivity index (χ2v) is 7.62. The third kappa shape index (κ3) is 5.04. The molecule has 1 N–H and O–H groups in total. The summed E-state index contributed by atoms with van der Waals surface area (Å²) in [4.78, 5) is 17.5. The van der Waals surface area contributed by atoms with Gasteiger partial charge in [0.15, 0.2) is 0 Å². The van der Waals surface area contributed by atoms with Gasteiger partial charge in [-0.05, 0) is 48.9 Å². The zero-order valence-corrected chi connectivity index (χ0v) is 16.8. The Kier molecular flexibility index (Phi) is 5.92. The summed E-state index contributed by atoms with van der Waals surface area (Å²) in [7, 11) is 0. The van der Waals surface area contributed by atoms with Crippen molar-refractivity contribution in [2.24, 2.45) is 0 Å². The minimum atomic E-state index is -0.0674. The van der Waals surface area contributed by atoms with Crippen LogP contribution in [-0.4, -0.2) is 37.0 Å². The van der Waals surface area contributed by atoms with Crippen molar-refractivity contribution < 1.29 is 4.79 Å². The molecule has 0 bridgehead atoms. The highest BCUT2D eigenvalue weighted by atomic mass is 16.1. The Morgan fingerprint density at radius 2 is 1.59 bits per heavy atom. The fourth-order valence-electron chi connectivity index (χ4n) is 3.71. The normalized spacial score (nSPS) is 14.6. The van der Waals surface area contributed by atoms with Gasteiger partial charge in [-0.15, -0.1) is 0 Å². The molecule has 0 saturated carbocycles. The number of aryl methyl sites for hydroxylation is 1. The van der Waals surface area contributed by atoms with Gasteiger partial charge in [0, 0.05) is 49.7 Å². The molecule has 1 amide bonds. The molecule has 0 aromatic heterocycles. The van der Waals surface area contributed by atoms with Gasteiger partial charge in [0.25, 0.3) is 5.91 Å². The van der Waals surface area contributed by atoms with Crippen molar-refractivity contribution in [3.8, 4) is 0 Å². The molecule has 3 aromatic rings. The molecule has 1 saturated heterocycles. The second-order valence-electron chi connectivity index (χ2n) is 7.62. The highest BCUT2D eigenvalue weighted by Crippen LogP contribution is 2.18. The van der Waals surface area contributed by atoms with Crippen molar-refractivity contribution in [2.45, 2.75) is 13.5 Å². The van der Waals surface area contributed by atoms with E-state index in [4.69, 9.17) is 0 Å². The van der Waals surface area contributed by atoms with E-state index >= 15 is 0 Å². The molecule has 0 radical (unpaired) electrons. The van der Waals surface area contributed by atoms with E-state index in [0.717, 1.165) is 38.4 Å². The molecule has 1 heterocycles. The van der Waals surface area contributed by atoms with Crippen LogP contribution in [0.1, 0.15) is 21.5 Å². The summed E-state index contributed by atoms with van der Waals surface area (Å²) in [6, 6.07) is 26.3. The Morgan fingerprint density at radius 1 is 0.862 bits per heavy atom. The summed E-state index contributed by atoms with van der Waals surface area (Å²) in [5, 5.41) is 2.96. The maximum Gasteiger partial charge on any atom is 0.255 e. The van der Waals surface area contributed by atoms with E-state index in [1.165, 1.54) is 16.8 Å². The number of anilines is 2. The van der Waals surface area contributed by atoms with Crippen LogP contribution in [0.4, 0.5) is 11.4 Å². The number of nitrogens with zero attached hydrogens (tertiary/aromatic N) is 2. The molecule has 1 aliphatic rings. The lowest BCUT2D eigenvalue weighted by Gasteiger charge is -2.36. The molecule has 4 nitrogen and oxygen atoms in total. The number of carbonyl (C=O) groups is 1. The van der Waals surface area contributed by atoms with Crippen LogP contribution in [0.5, 0.6) is 0 Å². The summed E-state index contributed by atoms with van der Waals surface area (Å²) in [5.74, 6) is -0.0674. The van der Waals surface area contributed by atoms with Crippen molar-refractivity contribution in [2.75, 3.05) is 36.4 Å². The van der Waals surface area contributed by atoms with Crippen molar-refractivity contribution in [1.29, 1.82) is 0 Å². The van der Waals surface area contributed by atoms with Gasteiger partial charge in [-0.25, -0.2) is 0 Å². The molecule has 1 aliphatic heterocycles. The van der Waals surface area contributed by atoms with Gasteiger partial charge < -0.3 is 10.2 Å². The number of benzene rings is 3. The van der Waals surface area contributed by atoms with E-state index in [1.54, 1.807) is 0 Å². The number of piperazine rings is 1. The molecule has 0 aliphatic carbocycles. The van der Waals surface area contributed by atoms with Gasteiger partial charge in [-0.1, -0.05) is 48.0 Å². The Balaban J connectivity index is 1.34. The molecule has 1 fully saturated rings. The van der Waals surface area contributed by atoms with Gasteiger partial charge >= 0.3 is 0 Å². The van der Waals surface area contributed by atoms with Gasteiger partial charge in [-0.2, -0.15) is 0 Å². The Bertz CT molecular complexity index is 945. The van der Waals surface area contributed by atoms with Crippen LogP contribution in [0.25, 0.3) is 0 Å². The first-order chi connectivity index (χ1) is 14.2. The maximum atomic E-state index is 12.6. The fraction of sp³-hybridized carbons (Fsp3) is 0.240. The quantitative estimate of drug-likeness (QED) is 0.699. The first-order valence-electron chi connectivity index (χ1n) is 10.2. The number of amides is 1. The second kappa shape index (κ2) is 8.93. The minimum Gasteiger partial charge on any atom is -0.369 e. The van der Waals surface area contributed by atoms with Crippen molar-refractivity contribution >= 4 is 17.3 Å². The number of hydrogen-bond donors (Lipinski definition) is 1. The SMILES string of the molecule is Cc1ccc(N2CCN(Cc3cccc(C(=O)Nc4ccccc4)c3)CC2)cc1. The zero-order valence-electron chi connectivity index (χ0n) is 16.8. The van der Waals surface area contributed by atoms with Gasteiger partial charge in [0.05, 0.1) is 0 Å². The van der Waals surface area contributed by atoms with Crippen LogP contribution < -0.4 is 10.2 Å². The summed E-state index contributed by atoms with van der Waals surface area (Å²) < 4.78 is 0. The van der Waals surface area contributed by atoms with E-state index in [2.05, 4.69) is 52.4 Å². The number of para-hydroxylation sites is 1. The van der Waals surface area contributed by atoms with Crippen LogP contribution in [0.3, 0.4) is 0 Å². The van der Waals surface area contributed by atoms with Crippen molar-refractivity contribution in [1.82, 2.24) is 4.90 Å². The van der Waals surface area contributed by atoms with Gasteiger partial charge in [-0.3, -0.25) is 9.69 Å². The van der Waals surface area contributed by atoms with E-state index in [-0.39, 0.29) is 5.91 Å². The molecule has 148 valence electrons. The largest absolute Gasteiger partial charge is 0.369 e. The predicted octanol–water partition coefficient (Wildman–Crippen LogP) is 4.57. The number of nitrogens with one attached hydrogen (secondary N) is 1. The Morgan fingerprint density at radius 3 is 2.31 bits per heavy atom. The molecule has 4 rings (SSSR count). The molecular formula is C25H27N3O. The molecule has 0 spiro atoms. The van der Waals surface area contributed by atoms with Crippen LogP contribution >= 0.6 is 0 Å². The first-order valence-corrected chi connectivity index (χ1v) is 10.2. The summed E-state index contributed by atoms with van der Waals surface area (Å²) in [6.45, 7) is 7.08. The molecule has 29 heavy (non-hydrogen) atoms. The Hall–Kier alpha value is -3.11. The molecule has 0 unspecified atom stereocenters. The standard InChI is InChI=1S/C25H27N3O/c1-20-10-12-24(13-11-20)28-16-14-27(15-17-28)19-21-6-5-7-22(18-21)25(29)26-23-8-3-2-4-9-23/h2-13,18H,14-17,19H2,1H3,(H,26,29). The van der Waals surface area contributed by atoms with Gasteiger partial charge in [0.2, 0.25) is 0 Å². The van der Waals surface area contributed by atoms with E-state index in [1.807, 2.05) is 48.5 Å². The lowest BCUT2D eigenvalue weighted by atomic mass is 10.1. The minimum absolute atomic E-state index is 0.0674. The molecule has 4 heteroatoms. The number of carbonyl (C=O) groups excluding carboxylic acids is 1. The van der Waals surface area contributed by atoms with Crippen molar-refractivity contribution in [3.63, 3.8) is 0 Å². The lowest BCUT2D eigenvalue weighted by molar-refractivity contribution is 0.102. The molecule has 3 aromatic carbocycles. The summed E-state index contributed by atoms with van der Waals surface area (Å²) >= 11 is 0. The number of rotatable bonds is 5. The lowest BCUT2D eigenvalue weighted by Crippen LogP contribution is -2.45. The number of hydrogen-bond acceptors (Lipinski definition) is 3. The summed E-state index contributed by atoms with van der Waals surface area (Å²) in [5.41, 5.74) is 5.28. The predicted molar refractivity (Wildman–Crippen MR) is 120 cm³/mol. The van der Waals surface area contributed by atoms with Crippen LogP contribution in [0.15, 0.2) is 78.9 Å². The third-order valence-electron chi connectivity index (χ3n) is 5.40. The topological polar surface area (TPSA) is 35.6 Å². The zero-order chi connectivity index (χ0) is 20.1. The molecular weight excluding hydrogens is 358 g/mol. The summed E-state index contributed by atoms with van der Waals surface area (Å²) in [6.07, 6.45) is 0. The first kappa shape index (κ1) is 19.2.